The second-order valence-electron chi connectivity index (χ2n) is 5.64. The molecule has 0 aliphatic carbocycles. The number of carbonyl (C=O) groups is 1. The number of nitrogens with zero attached hydrogens (tertiary/aromatic N) is 2. The third-order valence-electron chi connectivity index (χ3n) is 3.75. The number of rotatable bonds is 5. The summed E-state index contributed by atoms with van der Waals surface area (Å²) >= 11 is 0. The third-order valence-corrected chi connectivity index (χ3v) is 3.75. The monoisotopic (exact) mass is 280 g/mol. The van der Waals surface area contributed by atoms with Crippen LogP contribution < -0.4 is 0 Å². The van der Waals surface area contributed by atoms with Gasteiger partial charge in [0, 0.05) is 19.1 Å². The van der Waals surface area contributed by atoms with Gasteiger partial charge < -0.3 is 10.0 Å². The Balaban J connectivity index is 2.15. The molecular weight excluding hydrogens is 259 g/mol. The molecule has 0 spiro atoms. The van der Waals surface area contributed by atoms with E-state index < -0.39 is 11.8 Å². The maximum Gasteiger partial charge on any atom is 0.336 e. The first-order chi connectivity index (χ1) is 9.47. The highest BCUT2D eigenvalue weighted by atomic mass is 19.1. The van der Waals surface area contributed by atoms with Gasteiger partial charge in [-0.15, -0.1) is 0 Å². The highest BCUT2D eigenvalue weighted by molar-refractivity contribution is 5.89. The Labute approximate surface area is 118 Å². The fourth-order valence-corrected chi connectivity index (χ4v) is 2.84. The van der Waals surface area contributed by atoms with Crippen molar-refractivity contribution in [2.45, 2.75) is 25.4 Å². The Kier molecular flexibility index (Phi) is 4.73. The van der Waals surface area contributed by atoms with Crippen LogP contribution in [0.25, 0.3) is 0 Å². The molecule has 1 saturated heterocycles. The van der Waals surface area contributed by atoms with Crippen LogP contribution in [-0.2, 0) is 6.54 Å². The van der Waals surface area contributed by atoms with E-state index in [0.29, 0.717) is 18.2 Å². The molecule has 1 fully saturated rings. The Morgan fingerprint density at radius 3 is 2.90 bits per heavy atom. The van der Waals surface area contributed by atoms with E-state index in [0.717, 1.165) is 32.0 Å². The van der Waals surface area contributed by atoms with Crippen LogP contribution in [0.15, 0.2) is 18.2 Å². The van der Waals surface area contributed by atoms with Crippen molar-refractivity contribution in [3.63, 3.8) is 0 Å². The molecule has 1 heterocycles. The molecule has 2 rings (SSSR count). The molecule has 0 amide bonds. The molecule has 20 heavy (non-hydrogen) atoms. The van der Waals surface area contributed by atoms with Crippen molar-refractivity contribution >= 4 is 5.97 Å². The molecule has 1 aromatic carbocycles. The van der Waals surface area contributed by atoms with Crippen molar-refractivity contribution in [3.8, 4) is 0 Å². The molecule has 0 aromatic heterocycles. The molecule has 1 aromatic rings. The van der Waals surface area contributed by atoms with E-state index in [1.165, 1.54) is 6.07 Å². The zero-order valence-electron chi connectivity index (χ0n) is 12.0. The molecule has 110 valence electrons. The van der Waals surface area contributed by atoms with Crippen molar-refractivity contribution in [2.24, 2.45) is 0 Å². The maximum absolute atomic E-state index is 13.2. The first-order valence-corrected chi connectivity index (χ1v) is 6.88. The van der Waals surface area contributed by atoms with Crippen LogP contribution in [0.1, 0.15) is 28.8 Å². The molecule has 0 bridgehead atoms. The van der Waals surface area contributed by atoms with Gasteiger partial charge in [-0.05, 0) is 51.2 Å². The summed E-state index contributed by atoms with van der Waals surface area (Å²) in [6.45, 7) is 2.50. The van der Waals surface area contributed by atoms with Crippen molar-refractivity contribution in [1.82, 2.24) is 9.80 Å². The van der Waals surface area contributed by atoms with Crippen molar-refractivity contribution in [3.05, 3.63) is 35.1 Å². The molecule has 4 nitrogen and oxygen atoms in total. The van der Waals surface area contributed by atoms with E-state index in [-0.39, 0.29) is 5.56 Å². The average molecular weight is 280 g/mol. The molecule has 1 N–H and O–H groups in total. The summed E-state index contributed by atoms with van der Waals surface area (Å²) < 4.78 is 13.2. The van der Waals surface area contributed by atoms with Crippen molar-refractivity contribution in [2.75, 3.05) is 27.2 Å². The molecule has 0 saturated carbocycles. The summed E-state index contributed by atoms with van der Waals surface area (Å²) in [5.41, 5.74) is 0.755. The first kappa shape index (κ1) is 14.9. The average Bonchev–Trinajstić information content (AvgIpc) is 2.78. The minimum atomic E-state index is -1.07. The van der Waals surface area contributed by atoms with Crippen molar-refractivity contribution in [1.29, 1.82) is 0 Å². The van der Waals surface area contributed by atoms with Gasteiger partial charge in [-0.25, -0.2) is 9.18 Å². The van der Waals surface area contributed by atoms with Crippen LogP contribution in [0.2, 0.25) is 0 Å². The van der Waals surface area contributed by atoms with Gasteiger partial charge in [0.05, 0.1) is 5.56 Å². The van der Waals surface area contributed by atoms with E-state index in [1.54, 1.807) is 6.07 Å². The first-order valence-electron chi connectivity index (χ1n) is 6.88. The lowest BCUT2D eigenvalue weighted by Gasteiger charge is -2.27. The molecule has 1 aliphatic rings. The Bertz CT molecular complexity index is 491. The topological polar surface area (TPSA) is 43.8 Å². The zero-order chi connectivity index (χ0) is 14.7. The largest absolute Gasteiger partial charge is 0.478 e. The predicted molar refractivity (Wildman–Crippen MR) is 75.3 cm³/mol. The van der Waals surface area contributed by atoms with Gasteiger partial charge in [-0.1, -0.05) is 6.07 Å². The lowest BCUT2D eigenvalue weighted by atomic mass is 10.1. The minimum absolute atomic E-state index is 0.0699. The highest BCUT2D eigenvalue weighted by Crippen LogP contribution is 2.22. The SMILES string of the molecule is CN(C)CC1CCCN1Cc1ccc(F)cc1C(=O)O. The van der Waals surface area contributed by atoms with Crippen LogP contribution >= 0.6 is 0 Å². The van der Waals surface area contributed by atoms with Gasteiger partial charge in [0.25, 0.3) is 0 Å². The van der Waals surface area contributed by atoms with E-state index in [9.17, 15) is 14.3 Å². The van der Waals surface area contributed by atoms with Gasteiger partial charge in [0.2, 0.25) is 0 Å². The standard InChI is InChI=1S/C15H21FN2O2/c1-17(2)10-13-4-3-7-18(13)9-11-5-6-12(16)8-14(11)15(19)20/h5-6,8,13H,3-4,7,9-10H2,1-2H3,(H,19,20). The normalized spacial score (nSPS) is 19.7. The Morgan fingerprint density at radius 1 is 1.50 bits per heavy atom. The number of likely N-dealkylation sites (N-methyl/N-ethyl adjacent to an activating group) is 1. The summed E-state index contributed by atoms with van der Waals surface area (Å²) in [6.07, 6.45) is 2.25. The summed E-state index contributed by atoms with van der Waals surface area (Å²) in [4.78, 5) is 15.6. The summed E-state index contributed by atoms with van der Waals surface area (Å²) in [6, 6.07) is 4.47. The fraction of sp³-hybridized carbons (Fsp3) is 0.533. The summed E-state index contributed by atoms with van der Waals surface area (Å²) in [5, 5.41) is 9.18. The van der Waals surface area contributed by atoms with Crippen LogP contribution in [0.5, 0.6) is 0 Å². The van der Waals surface area contributed by atoms with Gasteiger partial charge in [-0.2, -0.15) is 0 Å². The number of carboxylic acid groups (broad SMARTS) is 1. The molecule has 1 atom stereocenters. The second-order valence-corrected chi connectivity index (χ2v) is 5.64. The van der Waals surface area contributed by atoms with E-state index >= 15 is 0 Å². The molecule has 0 radical (unpaired) electrons. The zero-order valence-corrected chi connectivity index (χ0v) is 12.0. The van der Waals surface area contributed by atoms with E-state index in [4.69, 9.17) is 0 Å². The van der Waals surface area contributed by atoms with Gasteiger partial charge in [0.1, 0.15) is 5.82 Å². The fourth-order valence-electron chi connectivity index (χ4n) is 2.84. The molecular formula is C15H21FN2O2. The van der Waals surface area contributed by atoms with Crippen LogP contribution in [-0.4, -0.2) is 54.1 Å². The third kappa shape index (κ3) is 3.55. The number of benzene rings is 1. The predicted octanol–water partition coefficient (Wildman–Crippen LogP) is 2.05. The number of aromatic carboxylic acids is 1. The van der Waals surface area contributed by atoms with Gasteiger partial charge in [0.15, 0.2) is 0 Å². The number of carboxylic acids is 1. The van der Waals surface area contributed by atoms with Crippen LogP contribution in [0, 0.1) is 5.82 Å². The maximum atomic E-state index is 13.2. The number of hydrogen-bond acceptors (Lipinski definition) is 3. The Hall–Kier alpha value is -1.46. The van der Waals surface area contributed by atoms with Gasteiger partial charge in [-0.3, -0.25) is 4.90 Å². The quantitative estimate of drug-likeness (QED) is 0.896. The smallest absolute Gasteiger partial charge is 0.336 e. The van der Waals surface area contributed by atoms with Gasteiger partial charge >= 0.3 is 5.97 Å². The molecule has 5 heteroatoms. The van der Waals surface area contributed by atoms with Crippen LogP contribution in [0.4, 0.5) is 4.39 Å². The summed E-state index contributed by atoms with van der Waals surface area (Å²) in [5.74, 6) is -1.57. The molecule has 1 unspecified atom stereocenters. The number of halogens is 1. The van der Waals surface area contributed by atoms with E-state index in [2.05, 4.69) is 9.80 Å². The van der Waals surface area contributed by atoms with Crippen molar-refractivity contribution < 1.29 is 14.3 Å². The van der Waals surface area contributed by atoms with E-state index in [1.807, 2.05) is 14.1 Å². The minimum Gasteiger partial charge on any atom is -0.478 e. The van der Waals surface area contributed by atoms with Crippen LogP contribution in [0.3, 0.4) is 0 Å². The lowest BCUT2D eigenvalue weighted by molar-refractivity contribution is 0.0693. The summed E-state index contributed by atoms with van der Waals surface area (Å²) in [7, 11) is 4.08. The molecule has 1 aliphatic heterocycles. The number of likely N-dealkylation sites (tertiary alicyclic amines) is 1. The lowest BCUT2D eigenvalue weighted by Crippen LogP contribution is -2.37. The Morgan fingerprint density at radius 2 is 2.25 bits per heavy atom. The second kappa shape index (κ2) is 6.33. The number of hydrogen-bond donors (Lipinski definition) is 1. The highest BCUT2D eigenvalue weighted by Gasteiger charge is 2.26.